The van der Waals surface area contributed by atoms with Gasteiger partial charge in [-0.1, -0.05) is 84.0 Å². The molecule has 7 heteroatoms. The number of rotatable bonds is 9. The van der Waals surface area contributed by atoms with Gasteiger partial charge >= 0.3 is 0 Å². The van der Waals surface area contributed by atoms with Gasteiger partial charge in [0.15, 0.2) is 11.0 Å². The number of benzene rings is 3. The second-order valence-electron chi connectivity index (χ2n) is 7.67. The summed E-state index contributed by atoms with van der Waals surface area (Å²) in [5.41, 5.74) is 3.43. The van der Waals surface area contributed by atoms with E-state index in [1.54, 1.807) is 0 Å². The second kappa shape index (κ2) is 11.2. The van der Waals surface area contributed by atoms with Gasteiger partial charge in [0.25, 0.3) is 0 Å². The zero-order valence-corrected chi connectivity index (χ0v) is 19.9. The predicted molar refractivity (Wildman–Crippen MR) is 135 cm³/mol. The van der Waals surface area contributed by atoms with Gasteiger partial charge in [0.2, 0.25) is 5.91 Å². The monoisotopic (exact) mass is 476 g/mol. The number of amides is 1. The highest BCUT2D eigenvalue weighted by Gasteiger charge is 2.15. The van der Waals surface area contributed by atoms with Crippen LogP contribution in [0.3, 0.4) is 0 Å². The number of thioether (sulfide) groups is 1. The van der Waals surface area contributed by atoms with Crippen LogP contribution in [0, 0.1) is 0 Å². The molecule has 1 N–H and O–H groups in total. The van der Waals surface area contributed by atoms with E-state index in [1.165, 1.54) is 22.9 Å². The third kappa shape index (κ3) is 6.03. The molecule has 0 spiro atoms. The molecule has 0 saturated heterocycles. The lowest BCUT2D eigenvalue weighted by Crippen LogP contribution is -2.27. The molecule has 33 heavy (non-hydrogen) atoms. The molecule has 0 bridgehead atoms. The van der Waals surface area contributed by atoms with Crippen molar-refractivity contribution < 1.29 is 4.79 Å². The summed E-state index contributed by atoms with van der Waals surface area (Å²) < 4.78 is 1.89. The van der Waals surface area contributed by atoms with Gasteiger partial charge in [-0.05, 0) is 41.8 Å². The van der Waals surface area contributed by atoms with Crippen LogP contribution in [0.5, 0.6) is 0 Å². The first-order valence-corrected chi connectivity index (χ1v) is 12.1. The van der Waals surface area contributed by atoms with Gasteiger partial charge in [0.1, 0.15) is 0 Å². The molecule has 1 amide bonds. The fourth-order valence-corrected chi connectivity index (χ4v) is 4.59. The molecule has 168 valence electrons. The average Bonchev–Trinajstić information content (AvgIpc) is 3.22. The quantitative estimate of drug-likeness (QED) is 0.321. The van der Waals surface area contributed by atoms with E-state index in [1.807, 2.05) is 48.0 Å². The van der Waals surface area contributed by atoms with Crippen molar-refractivity contribution in [1.82, 2.24) is 20.1 Å². The van der Waals surface area contributed by atoms with Crippen molar-refractivity contribution in [2.24, 2.45) is 7.05 Å². The third-order valence-corrected chi connectivity index (χ3v) is 6.70. The Morgan fingerprint density at radius 3 is 2.15 bits per heavy atom. The Morgan fingerprint density at radius 1 is 0.939 bits per heavy atom. The lowest BCUT2D eigenvalue weighted by atomic mass is 9.88. The number of carbonyl (C=O) groups is 1. The minimum Gasteiger partial charge on any atom is -0.355 e. The van der Waals surface area contributed by atoms with E-state index >= 15 is 0 Å². The summed E-state index contributed by atoms with van der Waals surface area (Å²) in [6.07, 6.45) is 0.828. The normalized spacial score (nSPS) is 11.0. The van der Waals surface area contributed by atoms with Crippen molar-refractivity contribution in [2.75, 3.05) is 12.3 Å². The third-order valence-electron chi connectivity index (χ3n) is 5.43. The van der Waals surface area contributed by atoms with Gasteiger partial charge in [-0.2, -0.15) is 0 Å². The van der Waals surface area contributed by atoms with Crippen LogP contribution in [0.25, 0.3) is 11.4 Å². The van der Waals surface area contributed by atoms with E-state index in [9.17, 15) is 4.79 Å². The molecular weight excluding hydrogens is 452 g/mol. The molecule has 3 aromatic carbocycles. The van der Waals surface area contributed by atoms with Crippen LogP contribution in [0.4, 0.5) is 0 Å². The van der Waals surface area contributed by atoms with Crippen molar-refractivity contribution >= 4 is 29.3 Å². The van der Waals surface area contributed by atoms with Crippen molar-refractivity contribution in [3.05, 3.63) is 101 Å². The van der Waals surface area contributed by atoms with Crippen LogP contribution in [0.2, 0.25) is 5.02 Å². The lowest BCUT2D eigenvalue weighted by molar-refractivity contribution is -0.118. The van der Waals surface area contributed by atoms with Gasteiger partial charge < -0.3 is 9.88 Å². The van der Waals surface area contributed by atoms with E-state index in [0.717, 1.165) is 17.8 Å². The van der Waals surface area contributed by atoms with Crippen LogP contribution in [-0.4, -0.2) is 33.0 Å². The molecule has 0 unspecified atom stereocenters. The van der Waals surface area contributed by atoms with Crippen LogP contribution in [0.15, 0.2) is 90.1 Å². The molecule has 0 aliphatic rings. The maximum absolute atomic E-state index is 12.5. The number of nitrogens with one attached hydrogen (secondary N) is 1. The van der Waals surface area contributed by atoms with Crippen molar-refractivity contribution in [1.29, 1.82) is 0 Å². The number of aromatic nitrogens is 3. The molecule has 4 rings (SSSR count). The standard InChI is InChI=1S/C26H25ClN4OS/c1-31-25(21-12-14-22(27)15-13-21)29-30-26(31)33-18-24(32)28-17-16-23(19-8-4-2-5-9-19)20-10-6-3-7-11-20/h2-15,23H,16-18H2,1H3,(H,28,32). The molecule has 0 fully saturated rings. The van der Waals surface area contributed by atoms with E-state index < -0.39 is 0 Å². The van der Waals surface area contributed by atoms with Crippen LogP contribution >= 0.6 is 23.4 Å². The molecule has 0 saturated carbocycles. The van der Waals surface area contributed by atoms with E-state index in [0.29, 0.717) is 16.7 Å². The molecule has 5 nitrogen and oxygen atoms in total. The van der Waals surface area contributed by atoms with Crippen LogP contribution < -0.4 is 5.32 Å². The summed E-state index contributed by atoms with van der Waals surface area (Å²) in [7, 11) is 1.90. The smallest absolute Gasteiger partial charge is 0.230 e. The number of nitrogens with zero attached hydrogens (tertiary/aromatic N) is 3. The molecule has 0 aliphatic carbocycles. The maximum Gasteiger partial charge on any atom is 0.230 e. The van der Waals surface area contributed by atoms with E-state index in [2.05, 4.69) is 64.0 Å². The van der Waals surface area contributed by atoms with Crippen LogP contribution in [0.1, 0.15) is 23.5 Å². The zero-order valence-electron chi connectivity index (χ0n) is 18.3. The Labute approximate surface area is 203 Å². The Kier molecular flexibility index (Phi) is 7.81. The Balaban J connectivity index is 1.32. The first-order chi connectivity index (χ1) is 16.1. The van der Waals surface area contributed by atoms with E-state index in [4.69, 9.17) is 11.6 Å². The van der Waals surface area contributed by atoms with Gasteiger partial charge in [-0.25, -0.2) is 0 Å². The Bertz CT molecular complexity index is 1140. The number of halogens is 1. The summed E-state index contributed by atoms with van der Waals surface area (Å²) in [5.74, 6) is 1.24. The first kappa shape index (κ1) is 23.1. The molecule has 1 aromatic heterocycles. The summed E-state index contributed by atoms with van der Waals surface area (Å²) in [5, 5.41) is 12.9. The predicted octanol–water partition coefficient (Wildman–Crippen LogP) is 5.57. The molecule has 0 radical (unpaired) electrons. The van der Waals surface area contributed by atoms with Gasteiger partial charge in [0, 0.05) is 30.1 Å². The topological polar surface area (TPSA) is 59.8 Å². The molecule has 1 heterocycles. The minimum absolute atomic E-state index is 0.0177. The zero-order chi connectivity index (χ0) is 23.0. The highest BCUT2D eigenvalue weighted by atomic mass is 35.5. The number of hydrogen-bond acceptors (Lipinski definition) is 4. The first-order valence-electron chi connectivity index (χ1n) is 10.8. The van der Waals surface area contributed by atoms with Gasteiger partial charge in [-0.3, -0.25) is 4.79 Å². The summed E-state index contributed by atoms with van der Waals surface area (Å²) in [6.45, 7) is 0.600. The SMILES string of the molecule is Cn1c(SCC(=O)NCCC(c2ccccc2)c2ccccc2)nnc1-c1ccc(Cl)cc1. The molecular formula is C26H25ClN4OS. The van der Waals surface area contributed by atoms with Crippen molar-refractivity contribution in [2.45, 2.75) is 17.5 Å². The number of hydrogen-bond donors (Lipinski definition) is 1. The Hall–Kier alpha value is -3.09. The summed E-state index contributed by atoms with van der Waals surface area (Å²) in [4.78, 5) is 12.5. The highest BCUT2D eigenvalue weighted by Crippen LogP contribution is 2.27. The fourth-order valence-electron chi connectivity index (χ4n) is 3.72. The summed E-state index contributed by atoms with van der Waals surface area (Å²) in [6, 6.07) is 28.3. The van der Waals surface area contributed by atoms with Crippen molar-refractivity contribution in [3.63, 3.8) is 0 Å². The fraction of sp³-hybridized carbons (Fsp3) is 0.192. The lowest BCUT2D eigenvalue weighted by Gasteiger charge is -2.18. The number of carbonyl (C=O) groups excluding carboxylic acids is 1. The largest absolute Gasteiger partial charge is 0.355 e. The van der Waals surface area contributed by atoms with Gasteiger partial charge in [-0.15, -0.1) is 10.2 Å². The minimum atomic E-state index is -0.0177. The maximum atomic E-state index is 12.5. The molecule has 4 aromatic rings. The van der Waals surface area contributed by atoms with Crippen LogP contribution in [-0.2, 0) is 11.8 Å². The second-order valence-corrected chi connectivity index (χ2v) is 9.05. The molecule has 0 aliphatic heterocycles. The van der Waals surface area contributed by atoms with Gasteiger partial charge in [0.05, 0.1) is 5.75 Å². The average molecular weight is 477 g/mol. The van der Waals surface area contributed by atoms with Crippen molar-refractivity contribution in [3.8, 4) is 11.4 Å². The summed E-state index contributed by atoms with van der Waals surface area (Å²) >= 11 is 7.34. The highest BCUT2D eigenvalue weighted by molar-refractivity contribution is 7.99. The molecule has 0 atom stereocenters. The van der Waals surface area contributed by atoms with E-state index in [-0.39, 0.29) is 17.6 Å². The Morgan fingerprint density at radius 2 is 1.55 bits per heavy atom.